The number of amides is 1. The first-order chi connectivity index (χ1) is 17.3. The predicted octanol–water partition coefficient (Wildman–Crippen LogP) is 2.83. The molecule has 188 valence electrons. The van der Waals surface area contributed by atoms with Gasteiger partial charge in [0, 0.05) is 24.9 Å². The van der Waals surface area contributed by atoms with Crippen LogP contribution in [0.15, 0.2) is 42.3 Å². The molecule has 1 aliphatic heterocycles. The number of aromatic nitrogens is 3. The Hall–Kier alpha value is -3.57. The van der Waals surface area contributed by atoms with Gasteiger partial charge in [0.2, 0.25) is 11.8 Å². The maximum Gasteiger partial charge on any atom is 0.330 e. The van der Waals surface area contributed by atoms with Gasteiger partial charge in [0.05, 0.1) is 11.6 Å². The minimum atomic E-state index is -1.25. The number of carbonyl (C=O) groups is 2. The molecule has 4 N–H and O–H groups in total. The molecular weight excluding hydrogens is 480 g/mol. The van der Waals surface area contributed by atoms with Gasteiger partial charge in [-0.05, 0) is 43.8 Å². The summed E-state index contributed by atoms with van der Waals surface area (Å²) < 4.78 is 7.08. The number of thiophene rings is 1. The number of fused-ring (bicyclic) bond motifs is 1. The van der Waals surface area contributed by atoms with Crippen molar-refractivity contribution < 1.29 is 19.4 Å². The van der Waals surface area contributed by atoms with Crippen LogP contribution < -0.4 is 20.7 Å². The summed E-state index contributed by atoms with van der Waals surface area (Å²) in [6.45, 7) is 8.18. The van der Waals surface area contributed by atoms with Gasteiger partial charge in [-0.15, -0.1) is 17.9 Å². The van der Waals surface area contributed by atoms with Crippen molar-refractivity contribution in [1.82, 2.24) is 25.6 Å². The van der Waals surface area contributed by atoms with Gasteiger partial charge in [0.15, 0.2) is 5.82 Å². The molecule has 0 unspecified atom stereocenters. The van der Waals surface area contributed by atoms with Crippen molar-refractivity contribution in [3.8, 4) is 17.4 Å². The van der Waals surface area contributed by atoms with Gasteiger partial charge < -0.3 is 25.8 Å². The topological polar surface area (TPSA) is 138 Å². The number of hydrogen-bond donors (Lipinski definition) is 4. The number of anilines is 1. The van der Waals surface area contributed by atoms with Gasteiger partial charge in [-0.25, -0.2) is 14.8 Å². The highest BCUT2D eigenvalue weighted by Gasteiger charge is 2.60. The minimum Gasteiger partial charge on any atom is -0.479 e. The maximum atomic E-state index is 12.8. The Bertz CT molecular complexity index is 1330. The van der Waals surface area contributed by atoms with Crippen molar-refractivity contribution in [2.75, 3.05) is 11.9 Å². The summed E-state index contributed by atoms with van der Waals surface area (Å²) in [6, 6.07) is 7.24. The smallest absolute Gasteiger partial charge is 0.330 e. The van der Waals surface area contributed by atoms with Crippen LogP contribution in [0.3, 0.4) is 0 Å². The van der Waals surface area contributed by atoms with Gasteiger partial charge in [-0.1, -0.05) is 12.1 Å². The number of carboxylic acid groups (broad SMARTS) is 1. The molecule has 11 heteroatoms. The first-order valence-corrected chi connectivity index (χ1v) is 12.7. The molecule has 1 saturated heterocycles. The van der Waals surface area contributed by atoms with E-state index in [9.17, 15) is 14.7 Å². The van der Waals surface area contributed by atoms with Gasteiger partial charge >= 0.3 is 5.97 Å². The third-order valence-corrected chi connectivity index (χ3v) is 7.29. The molecule has 10 nitrogen and oxygen atoms in total. The molecule has 1 saturated carbocycles. The zero-order valence-corrected chi connectivity index (χ0v) is 20.8. The fourth-order valence-electron chi connectivity index (χ4n) is 4.44. The highest BCUT2D eigenvalue weighted by atomic mass is 32.1. The largest absolute Gasteiger partial charge is 0.479 e. The van der Waals surface area contributed by atoms with Crippen LogP contribution in [0, 0.1) is 5.92 Å². The van der Waals surface area contributed by atoms with Crippen molar-refractivity contribution in [3.63, 3.8) is 0 Å². The average Bonchev–Trinajstić information content (AvgIpc) is 3.15. The normalized spacial score (nSPS) is 25.0. The van der Waals surface area contributed by atoms with Crippen LogP contribution in [-0.2, 0) is 9.59 Å². The van der Waals surface area contributed by atoms with Gasteiger partial charge in [-0.2, -0.15) is 4.98 Å². The van der Waals surface area contributed by atoms with Gasteiger partial charge in [-0.3, -0.25) is 4.79 Å². The number of carboxylic acids is 1. The van der Waals surface area contributed by atoms with E-state index < -0.39 is 17.6 Å². The lowest BCUT2D eigenvalue weighted by Crippen LogP contribution is -2.51. The van der Waals surface area contributed by atoms with E-state index >= 15 is 0 Å². The monoisotopic (exact) mass is 508 g/mol. The summed E-state index contributed by atoms with van der Waals surface area (Å²) in [5.74, 6) is -0.0188. The Labute approximate surface area is 212 Å². The highest BCUT2D eigenvalue weighted by Crippen LogP contribution is 2.44. The molecule has 4 atom stereocenters. The standard InChI is InChI=1S/C25H28N6O4S/c1-4-14-11-25(14,24(33)34)31-22(32)18-10-15(12-26-18)35-23-20-16(8-9-36-20)29-21(30-23)17-6-5-7-19(28-17)27-13(2)3/h4-9,13-15,18,26H,1,10-12H2,2-3H3,(H,27,28)(H,31,32)(H,33,34)/t14-,15-,18-,25-/m1/s1. The van der Waals surface area contributed by atoms with E-state index in [2.05, 4.69) is 37.5 Å². The maximum absolute atomic E-state index is 12.8. The molecular formula is C25H28N6O4S. The number of ether oxygens (including phenoxy) is 1. The van der Waals surface area contributed by atoms with Crippen molar-refractivity contribution in [2.45, 2.75) is 50.4 Å². The zero-order chi connectivity index (χ0) is 25.4. The van der Waals surface area contributed by atoms with Crippen molar-refractivity contribution in [2.24, 2.45) is 5.92 Å². The lowest BCUT2D eigenvalue weighted by molar-refractivity contribution is -0.143. The second kappa shape index (κ2) is 9.47. The number of nitrogens with one attached hydrogen (secondary N) is 3. The van der Waals surface area contributed by atoms with Crippen LogP contribution >= 0.6 is 11.3 Å². The summed E-state index contributed by atoms with van der Waals surface area (Å²) >= 11 is 1.48. The second-order valence-corrected chi connectivity index (χ2v) is 10.4. The SMILES string of the molecule is C=C[C@@H]1C[C@]1(NC(=O)[C@H]1C[C@@H](Oc2nc(-c3cccc(NC(C)C)n3)nc3ccsc23)CN1)C(=O)O. The molecule has 0 radical (unpaired) electrons. The van der Waals surface area contributed by atoms with Gasteiger partial charge in [0.1, 0.15) is 27.9 Å². The van der Waals surface area contributed by atoms with Crippen molar-refractivity contribution in [3.05, 3.63) is 42.3 Å². The lowest BCUT2D eigenvalue weighted by Gasteiger charge is -2.18. The van der Waals surface area contributed by atoms with Gasteiger partial charge in [0.25, 0.3) is 0 Å². The molecule has 0 spiro atoms. The molecule has 3 aromatic heterocycles. The highest BCUT2D eigenvalue weighted by molar-refractivity contribution is 7.17. The van der Waals surface area contributed by atoms with Crippen LogP contribution in [-0.4, -0.2) is 62.2 Å². The fourth-order valence-corrected chi connectivity index (χ4v) is 5.20. The molecule has 3 aromatic rings. The third kappa shape index (κ3) is 4.63. The molecule has 1 amide bonds. The molecule has 1 aliphatic carbocycles. The van der Waals surface area contributed by atoms with E-state index in [0.29, 0.717) is 36.8 Å². The molecule has 2 fully saturated rings. The van der Waals surface area contributed by atoms with Crippen LogP contribution in [0.4, 0.5) is 5.82 Å². The lowest BCUT2D eigenvalue weighted by atomic mass is 10.1. The van der Waals surface area contributed by atoms with E-state index in [1.807, 2.05) is 43.5 Å². The third-order valence-electron chi connectivity index (χ3n) is 6.40. The summed E-state index contributed by atoms with van der Waals surface area (Å²) in [5, 5.41) is 20.6. The predicted molar refractivity (Wildman–Crippen MR) is 137 cm³/mol. The molecule has 4 heterocycles. The quantitative estimate of drug-likeness (QED) is 0.321. The molecule has 2 aliphatic rings. The summed E-state index contributed by atoms with van der Waals surface area (Å²) in [7, 11) is 0. The van der Waals surface area contributed by atoms with Crippen molar-refractivity contribution >= 4 is 39.2 Å². The van der Waals surface area contributed by atoms with Crippen LogP contribution in [0.25, 0.3) is 21.7 Å². The summed E-state index contributed by atoms with van der Waals surface area (Å²) in [4.78, 5) is 38.5. The van der Waals surface area contributed by atoms with E-state index in [1.165, 1.54) is 11.3 Å². The summed E-state index contributed by atoms with van der Waals surface area (Å²) in [5.41, 5.74) is 0.133. The summed E-state index contributed by atoms with van der Waals surface area (Å²) in [6.07, 6.45) is 2.00. The first kappa shape index (κ1) is 24.1. The van der Waals surface area contributed by atoms with E-state index in [-0.39, 0.29) is 24.0 Å². The van der Waals surface area contributed by atoms with E-state index in [0.717, 1.165) is 16.0 Å². The van der Waals surface area contributed by atoms with Crippen molar-refractivity contribution in [1.29, 1.82) is 0 Å². The molecule has 0 bridgehead atoms. The minimum absolute atomic E-state index is 0.236. The average molecular weight is 509 g/mol. The van der Waals surface area contributed by atoms with E-state index in [1.54, 1.807) is 6.08 Å². The fraction of sp³-hybridized carbons (Fsp3) is 0.400. The molecule has 0 aromatic carbocycles. The van der Waals surface area contributed by atoms with E-state index in [4.69, 9.17) is 4.74 Å². The Morgan fingerprint density at radius 1 is 1.31 bits per heavy atom. The van der Waals surface area contributed by atoms with Crippen LogP contribution in [0.5, 0.6) is 5.88 Å². The number of pyridine rings is 1. The number of nitrogens with zero attached hydrogens (tertiary/aromatic N) is 3. The number of hydrogen-bond acceptors (Lipinski definition) is 9. The Balaban J connectivity index is 1.32. The molecule has 36 heavy (non-hydrogen) atoms. The first-order valence-electron chi connectivity index (χ1n) is 11.9. The Morgan fingerprint density at radius 3 is 2.86 bits per heavy atom. The Kier molecular flexibility index (Phi) is 6.35. The van der Waals surface area contributed by atoms with Crippen LogP contribution in [0.2, 0.25) is 0 Å². The zero-order valence-electron chi connectivity index (χ0n) is 20.0. The molecule has 5 rings (SSSR count). The second-order valence-electron chi connectivity index (χ2n) is 9.44. The number of carbonyl (C=O) groups excluding carboxylic acids is 1. The Morgan fingerprint density at radius 2 is 2.14 bits per heavy atom. The number of aliphatic carboxylic acids is 1. The number of rotatable bonds is 9. The van der Waals surface area contributed by atoms with Crippen LogP contribution in [0.1, 0.15) is 26.7 Å².